The molecule has 1 aliphatic heterocycles. The number of hydrogen-bond donors (Lipinski definition) is 2. The highest BCUT2D eigenvalue weighted by atomic mass is 16.1. The maximum absolute atomic E-state index is 12.4. The Morgan fingerprint density at radius 1 is 1.33 bits per heavy atom. The summed E-state index contributed by atoms with van der Waals surface area (Å²) in [6, 6.07) is 5.58. The van der Waals surface area contributed by atoms with E-state index in [0.29, 0.717) is 50.1 Å². The molecule has 0 unspecified atom stereocenters. The van der Waals surface area contributed by atoms with Crippen molar-refractivity contribution in [3.8, 4) is 12.3 Å². The Kier molecular flexibility index (Phi) is 6.95. The van der Waals surface area contributed by atoms with Gasteiger partial charge in [-0.25, -0.2) is 4.98 Å². The van der Waals surface area contributed by atoms with Crippen molar-refractivity contribution in [1.29, 1.82) is 0 Å². The second kappa shape index (κ2) is 9.63. The van der Waals surface area contributed by atoms with Crippen molar-refractivity contribution in [2.75, 3.05) is 19.6 Å². The number of terminal acetylenes is 1. The van der Waals surface area contributed by atoms with Gasteiger partial charge < -0.3 is 10.3 Å². The molecule has 30 heavy (non-hydrogen) atoms. The molecule has 0 fully saturated rings. The summed E-state index contributed by atoms with van der Waals surface area (Å²) in [5, 5.41) is 11.7. The largest absolute Gasteiger partial charge is 0.356 e. The van der Waals surface area contributed by atoms with E-state index in [9.17, 15) is 9.59 Å². The molecule has 2 N–H and O–H groups in total. The zero-order valence-corrected chi connectivity index (χ0v) is 17.6. The van der Waals surface area contributed by atoms with E-state index in [-0.39, 0.29) is 17.1 Å². The van der Waals surface area contributed by atoms with Gasteiger partial charge in [-0.1, -0.05) is 19.1 Å². The number of carbonyl (C=O) groups excluding carboxylic acids is 1. The van der Waals surface area contributed by atoms with Gasteiger partial charge in [-0.3, -0.25) is 14.5 Å². The summed E-state index contributed by atoms with van der Waals surface area (Å²) in [4.78, 5) is 34.1. The fraction of sp³-hybridized carbons (Fsp3) is 0.500. The molecule has 1 aliphatic rings. The normalized spacial score (nSPS) is 14.1. The highest BCUT2D eigenvalue weighted by molar-refractivity contribution is 5.80. The minimum absolute atomic E-state index is 0.0167. The first-order valence-corrected chi connectivity index (χ1v) is 10.3. The average Bonchev–Trinajstić information content (AvgIpc) is 3.50. The number of fused-ring (bicyclic) bond motifs is 1. The molecule has 2 aromatic rings. The lowest BCUT2D eigenvalue weighted by Crippen LogP contribution is -2.33. The topological polar surface area (TPSA) is 103 Å². The van der Waals surface area contributed by atoms with Crippen molar-refractivity contribution in [1.82, 2.24) is 20.2 Å². The number of aromatic amines is 1. The van der Waals surface area contributed by atoms with Gasteiger partial charge in [-0.2, -0.15) is 10.2 Å². The maximum atomic E-state index is 12.4. The zero-order valence-electron chi connectivity index (χ0n) is 17.6. The number of nitrogens with one attached hydrogen (secondary N) is 2. The van der Waals surface area contributed by atoms with Crippen molar-refractivity contribution in [2.24, 2.45) is 10.2 Å². The molecular formula is C22H28N6O2. The Bertz CT molecular complexity index is 1030. The fourth-order valence-corrected chi connectivity index (χ4v) is 3.41. The Hall–Kier alpha value is -3.05. The molecule has 0 spiro atoms. The molecule has 3 rings (SSSR count). The van der Waals surface area contributed by atoms with Crippen LogP contribution in [0.5, 0.6) is 0 Å². The predicted octanol–water partition coefficient (Wildman–Crippen LogP) is 2.53. The zero-order chi connectivity index (χ0) is 21.6. The molecule has 8 heteroatoms. The minimum Gasteiger partial charge on any atom is -0.356 e. The second-order valence-electron chi connectivity index (χ2n) is 7.59. The van der Waals surface area contributed by atoms with Gasteiger partial charge in [0.25, 0.3) is 5.56 Å². The van der Waals surface area contributed by atoms with Crippen LogP contribution in [-0.2, 0) is 11.3 Å². The summed E-state index contributed by atoms with van der Waals surface area (Å²) in [5.41, 5.74) is 1.18. The van der Waals surface area contributed by atoms with Crippen LogP contribution in [0.4, 0.5) is 0 Å². The van der Waals surface area contributed by atoms with Gasteiger partial charge in [-0.15, -0.1) is 12.3 Å². The van der Waals surface area contributed by atoms with E-state index in [1.54, 1.807) is 6.07 Å². The van der Waals surface area contributed by atoms with Gasteiger partial charge in [0.15, 0.2) is 5.66 Å². The molecule has 0 saturated heterocycles. The number of aryl methyl sites for hydroxylation is 1. The number of carbonyl (C=O) groups is 1. The lowest BCUT2D eigenvalue weighted by atomic mass is 10.0. The highest BCUT2D eigenvalue weighted by Gasteiger charge is 2.38. The van der Waals surface area contributed by atoms with Crippen LogP contribution in [0.25, 0.3) is 10.9 Å². The van der Waals surface area contributed by atoms with E-state index in [1.807, 2.05) is 26.0 Å². The second-order valence-corrected chi connectivity index (χ2v) is 7.59. The van der Waals surface area contributed by atoms with Crippen molar-refractivity contribution in [3.63, 3.8) is 0 Å². The van der Waals surface area contributed by atoms with Crippen LogP contribution in [0.1, 0.15) is 44.0 Å². The molecule has 0 radical (unpaired) electrons. The molecule has 1 amide bonds. The van der Waals surface area contributed by atoms with Gasteiger partial charge >= 0.3 is 0 Å². The predicted molar refractivity (Wildman–Crippen MR) is 116 cm³/mol. The molecule has 0 aliphatic carbocycles. The van der Waals surface area contributed by atoms with Crippen molar-refractivity contribution in [2.45, 2.75) is 51.7 Å². The first-order valence-electron chi connectivity index (χ1n) is 10.3. The van der Waals surface area contributed by atoms with E-state index < -0.39 is 0 Å². The molecule has 2 heterocycles. The number of para-hydroxylation sites is 1. The Balaban J connectivity index is 1.48. The fourth-order valence-electron chi connectivity index (χ4n) is 3.41. The van der Waals surface area contributed by atoms with Crippen LogP contribution in [0.15, 0.2) is 33.2 Å². The smallest absolute Gasteiger partial charge is 0.258 e. The van der Waals surface area contributed by atoms with Crippen LogP contribution in [0.2, 0.25) is 0 Å². The standard InChI is InChI=1S/C22H28N6O2/c1-4-6-11-22(26-27-22)12-13-23-19(29)10-14-28(5-2)15-18-24-20-16(3)8-7-9-17(20)21(30)25-18/h1,7-9H,5-6,10-15H2,2-3H3,(H,23,29)(H,24,25,30). The van der Waals surface area contributed by atoms with E-state index in [0.717, 1.165) is 24.0 Å². The van der Waals surface area contributed by atoms with Crippen molar-refractivity contribution < 1.29 is 4.79 Å². The number of amides is 1. The maximum Gasteiger partial charge on any atom is 0.258 e. The lowest BCUT2D eigenvalue weighted by Gasteiger charge is -2.20. The summed E-state index contributed by atoms with van der Waals surface area (Å²) < 4.78 is 0. The molecule has 0 atom stereocenters. The number of hydrogen-bond acceptors (Lipinski definition) is 6. The van der Waals surface area contributed by atoms with Gasteiger partial charge in [0, 0.05) is 38.8 Å². The van der Waals surface area contributed by atoms with Crippen LogP contribution >= 0.6 is 0 Å². The summed E-state index contributed by atoms with van der Waals surface area (Å²) >= 11 is 0. The summed E-state index contributed by atoms with van der Waals surface area (Å²) in [7, 11) is 0. The average molecular weight is 409 g/mol. The first kappa shape index (κ1) is 21.7. The Morgan fingerprint density at radius 3 is 2.83 bits per heavy atom. The van der Waals surface area contributed by atoms with Gasteiger partial charge in [0.2, 0.25) is 5.91 Å². The van der Waals surface area contributed by atoms with Gasteiger partial charge in [0.05, 0.1) is 17.4 Å². The van der Waals surface area contributed by atoms with E-state index in [1.165, 1.54) is 0 Å². The van der Waals surface area contributed by atoms with Crippen LogP contribution < -0.4 is 10.9 Å². The summed E-state index contributed by atoms with van der Waals surface area (Å²) in [6.45, 7) is 6.30. The number of nitrogens with zero attached hydrogens (tertiary/aromatic N) is 4. The number of H-pyrrole nitrogens is 1. The third-order valence-electron chi connectivity index (χ3n) is 5.36. The lowest BCUT2D eigenvalue weighted by molar-refractivity contribution is -0.121. The molecular weight excluding hydrogens is 380 g/mol. The first-order chi connectivity index (χ1) is 14.5. The van der Waals surface area contributed by atoms with E-state index in [4.69, 9.17) is 6.42 Å². The van der Waals surface area contributed by atoms with Crippen molar-refractivity contribution >= 4 is 16.8 Å². The van der Waals surface area contributed by atoms with E-state index >= 15 is 0 Å². The third-order valence-corrected chi connectivity index (χ3v) is 5.36. The number of aromatic nitrogens is 2. The molecule has 1 aromatic heterocycles. The van der Waals surface area contributed by atoms with Crippen LogP contribution in [0, 0.1) is 19.3 Å². The van der Waals surface area contributed by atoms with Crippen molar-refractivity contribution in [3.05, 3.63) is 39.9 Å². The minimum atomic E-state index is -0.374. The summed E-state index contributed by atoms with van der Waals surface area (Å²) in [6.07, 6.45) is 7.71. The van der Waals surface area contributed by atoms with E-state index in [2.05, 4.69) is 36.3 Å². The quantitative estimate of drug-likeness (QED) is 0.558. The molecule has 158 valence electrons. The van der Waals surface area contributed by atoms with Gasteiger partial charge in [-0.05, 0) is 25.1 Å². The highest BCUT2D eigenvalue weighted by Crippen LogP contribution is 2.35. The molecule has 8 nitrogen and oxygen atoms in total. The third kappa shape index (κ3) is 5.51. The number of benzene rings is 1. The molecule has 1 aromatic carbocycles. The Morgan fingerprint density at radius 2 is 2.13 bits per heavy atom. The Labute approximate surface area is 176 Å². The SMILES string of the molecule is C#CCCC1(CCNC(=O)CCN(CC)Cc2nc3c(C)cccc3c(=O)[nH]2)N=N1. The van der Waals surface area contributed by atoms with Gasteiger partial charge in [0.1, 0.15) is 5.82 Å². The molecule has 0 saturated carbocycles. The monoisotopic (exact) mass is 408 g/mol. The molecule has 0 bridgehead atoms. The number of rotatable bonds is 11. The van der Waals surface area contributed by atoms with Crippen LogP contribution in [0.3, 0.4) is 0 Å². The van der Waals surface area contributed by atoms with Crippen LogP contribution in [-0.4, -0.2) is 46.1 Å². The summed E-state index contributed by atoms with van der Waals surface area (Å²) in [5.74, 6) is 3.19.